The van der Waals surface area contributed by atoms with Crippen molar-refractivity contribution < 1.29 is 9.53 Å². The van der Waals surface area contributed by atoms with E-state index < -0.39 is 0 Å². The van der Waals surface area contributed by atoms with Crippen LogP contribution in [0, 0.1) is 6.92 Å². The van der Waals surface area contributed by atoms with Crippen LogP contribution in [0.1, 0.15) is 15.3 Å². The van der Waals surface area contributed by atoms with E-state index >= 15 is 0 Å². The van der Waals surface area contributed by atoms with E-state index in [1.54, 1.807) is 11.3 Å². The Bertz CT molecular complexity index is 610. The van der Waals surface area contributed by atoms with Gasteiger partial charge in [-0.25, -0.2) is 0 Å². The third-order valence-corrected chi connectivity index (χ3v) is 4.93. The van der Waals surface area contributed by atoms with Gasteiger partial charge in [0, 0.05) is 26.5 Å². The van der Waals surface area contributed by atoms with Crippen molar-refractivity contribution in [1.82, 2.24) is 0 Å². The Balaban J connectivity index is 1.97. The number of rotatable bonds is 5. The minimum Gasteiger partial charge on any atom is -0.469 e. The zero-order valence-electron chi connectivity index (χ0n) is 11.4. The number of hydrogen-bond acceptors (Lipinski definition) is 4. The standard InChI is InChI=1S/C15H16BrNO2S/c1-10-13(16)4-3-5-14(10)17-9-12-7-6-11(20-12)8-15(18)19-2/h3-7,17H,8-9H2,1-2H3. The lowest BCUT2D eigenvalue weighted by Gasteiger charge is -2.09. The van der Waals surface area contributed by atoms with Crippen LogP contribution in [-0.4, -0.2) is 13.1 Å². The molecule has 0 aliphatic rings. The summed E-state index contributed by atoms with van der Waals surface area (Å²) in [5.74, 6) is -0.200. The number of ether oxygens (including phenoxy) is 1. The molecule has 0 saturated heterocycles. The fraction of sp³-hybridized carbons (Fsp3) is 0.267. The fourth-order valence-corrected chi connectivity index (χ4v) is 3.12. The molecular formula is C15H16BrNO2S. The molecule has 0 atom stereocenters. The minimum atomic E-state index is -0.200. The highest BCUT2D eigenvalue weighted by Crippen LogP contribution is 2.25. The molecule has 0 fully saturated rings. The molecule has 2 aromatic rings. The predicted molar refractivity (Wildman–Crippen MR) is 86.2 cm³/mol. The molecule has 0 aliphatic carbocycles. The van der Waals surface area contributed by atoms with Gasteiger partial charge in [0.15, 0.2) is 0 Å². The number of carbonyl (C=O) groups excluding carboxylic acids is 1. The van der Waals surface area contributed by atoms with Crippen molar-refractivity contribution in [1.29, 1.82) is 0 Å². The largest absolute Gasteiger partial charge is 0.469 e. The Labute approximate surface area is 131 Å². The molecule has 1 aromatic heterocycles. The molecule has 0 amide bonds. The van der Waals surface area contributed by atoms with Crippen LogP contribution in [0.3, 0.4) is 0 Å². The summed E-state index contributed by atoms with van der Waals surface area (Å²) in [6, 6.07) is 10.1. The number of thiophene rings is 1. The van der Waals surface area contributed by atoms with Gasteiger partial charge in [0.1, 0.15) is 0 Å². The molecule has 0 spiro atoms. The zero-order chi connectivity index (χ0) is 14.5. The maximum Gasteiger partial charge on any atom is 0.310 e. The second-order valence-electron chi connectivity index (χ2n) is 4.39. The van der Waals surface area contributed by atoms with Crippen LogP contribution in [0.5, 0.6) is 0 Å². The molecule has 1 aromatic carbocycles. The summed E-state index contributed by atoms with van der Waals surface area (Å²) in [5.41, 5.74) is 2.31. The Hall–Kier alpha value is -1.33. The number of anilines is 1. The van der Waals surface area contributed by atoms with Crippen molar-refractivity contribution in [3.05, 3.63) is 50.1 Å². The highest BCUT2D eigenvalue weighted by Gasteiger charge is 2.07. The van der Waals surface area contributed by atoms with Gasteiger partial charge < -0.3 is 10.1 Å². The quantitative estimate of drug-likeness (QED) is 0.820. The Morgan fingerprint density at radius 1 is 1.30 bits per heavy atom. The number of hydrogen-bond donors (Lipinski definition) is 1. The first-order chi connectivity index (χ1) is 9.60. The average Bonchev–Trinajstić information content (AvgIpc) is 2.88. The van der Waals surface area contributed by atoms with Gasteiger partial charge in [-0.05, 0) is 36.8 Å². The molecule has 2 rings (SSSR count). The van der Waals surface area contributed by atoms with Gasteiger partial charge in [-0.2, -0.15) is 0 Å². The van der Waals surface area contributed by atoms with Crippen molar-refractivity contribution >= 4 is 38.9 Å². The van der Waals surface area contributed by atoms with Crippen molar-refractivity contribution in [3.63, 3.8) is 0 Å². The molecule has 0 saturated carbocycles. The van der Waals surface area contributed by atoms with Crippen LogP contribution in [-0.2, 0) is 22.5 Å². The van der Waals surface area contributed by atoms with Gasteiger partial charge >= 0.3 is 5.97 Å². The monoisotopic (exact) mass is 353 g/mol. The first-order valence-corrected chi connectivity index (χ1v) is 7.84. The number of nitrogens with one attached hydrogen (secondary N) is 1. The van der Waals surface area contributed by atoms with Gasteiger partial charge in [-0.3, -0.25) is 4.79 Å². The molecule has 5 heteroatoms. The average molecular weight is 354 g/mol. The lowest BCUT2D eigenvalue weighted by atomic mass is 10.2. The van der Waals surface area contributed by atoms with Crippen molar-refractivity contribution in [2.24, 2.45) is 0 Å². The van der Waals surface area contributed by atoms with E-state index in [9.17, 15) is 4.79 Å². The van der Waals surface area contributed by atoms with Gasteiger partial charge in [0.2, 0.25) is 0 Å². The molecule has 0 unspecified atom stereocenters. The molecular weight excluding hydrogens is 338 g/mol. The van der Waals surface area contributed by atoms with Crippen LogP contribution in [0.4, 0.5) is 5.69 Å². The topological polar surface area (TPSA) is 38.3 Å². The third kappa shape index (κ3) is 3.84. The summed E-state index contributed by atoms with van der Waals surface area (Å²) in [4.78, 5) is 13.4. The Kier molecular flexibility index (Phi) is 5.20. The van der Waals surface area contributed by atoms with Crippen LogP contribution in [0.2, 0.25) is 0 Å². The van der Waals surface area contributed by atoms with Gasteiger partial charge in [-0.15, -0.1) is 11.3 Å². The zero-order valence-corrected chi connectivity index (χ0v) is 13.8. The van der Waals surface area contributed by atoms with Crippen molar-refractivity contribution in [2.45, 2.75) is 19.9 Å². The number of benzene rings is 1. The predicted octanol–water partition coefficient (Wildman–Crippen LogP) is 4.15. The maximum atomic E-state index is 11.2. The smallest absolute Gasteiger partial charge is 0.310 e. The molecule has 1 heterocycles. The van der Waals surface area contributed by atoms with Crippen LogP contribution >= 0.6 is 27.3 Å². The second kappa shape index (κ2) is 6.90. The Morgan fingerprint density at radius 2 is 2.05 bits per heavy atom. The molecule has 106 valence electrons. The van der Waals surface area contributed by atoms with Crippen molar-refractivity contribution in [2.75, 3.05) is 12.4 Å². The number of carbonyl (C=O) groups is 1. The van der Waals surface area contributed by atoms with Crippen LogP contribution in [0.15, 0.2) is 34.8 Å². The normalized spacial score (nSPS) is 10.3. The fourth-order valence-electron chi connectivity index (χ4n) is 1.81. The number of esters is 1. The highest BCUT2D eigenvalue weighted by atomic mass is 79.9. The molecule has 0 bridgehead atoms. The minimum absolute atomic E-state index is 0.200. The lowest BCUT2D eigenvalue weighted by molar-refractivity contribution is -0.139. The van der Waals surface area contributed by atoms with Gasteiger partial charge in [0.05, 0.1) is 13.5 Å². The summed E-state index contributed by atoms with van der Waals surface area (Å²) in [5, 5.41) is 3.41. The molecule has 0 radical (unpaired) electrons. The summed E-state index contributed by atoms with van der Waals surface area (Å²) in [7, 11) is 1.41. The molecule has 1 N–H and O–H groups in total. The van der Waals surface area contributed by atoms with E-state index in [1.807, 2.05) is 24.3 Å². The first kappa shape index (κ1) is 15.1. The SMILES string of the molecule is COC(=O)Cc1ccc(CNc2cccc(Br)c2C)s1. The molecule has 3 nitrogen and oxygen atoms in total. The highest BCUT2D eigenvalue weighted by molar-refractivity contribution is 9.10. The molecule has 0 aliphatic heterocycles. The van der Waals surface area contributed by atoms with E-state index in [-0.39, 0.29) is 5.97 Å². The number of methoxy groups -OCH3 is 1. The summed E-state index contributed by atoms with van der Waals surface area (Å²) >= 11 is 5.15. The summed E-state index contributed by atoms with van der Waals surface area (Å²) < 4.78 is 5.77. The van der Waals surface area contributed by atoms with E-state index in [4.69, 9.17) is 0 Å². The summed E-state index contributed by atoms with van der Waals surface area (Å²) in [6.45, 7) is 2.83. The first-order valence-electron chi connectivity index (χ1n) is 6.23. The van der Waals surface area contributed by atoms with Crippen molar-refractivity contribution in [3.8, 4) is 0 Å². The van der Waals surface area contributed by atoms with Gasteiger partial charge in [-0.1, -0.05) is 22.0 Å². The lowest BCUT2D eigenvalue weighted by Crippen LogP contribution is -2.02. The van der Waals surface area contributed by atoms with Crippen LogP contribution < -0.4 is 5.32 Å². The van der Waals surface area contributed by atoms with E-state index in [0.717, 1.165) is 21.6 Å². The van der Waals surface area contributed by atoms with E-state index in [2.05, 4.69) is 39.0 Å². The van der Waals surface area contributed by atoms with E-state index in [1.165, 1.54) is 17.6 Å². The third-order valence-electron chi connectivity index (χ3n) is 2.98. The number of halogens is 1. The second-order valence-corrected chi connectivity index (χ2v) is 6.49. The van der Waals surface area contributed by atoms with Crippen LogP contribution in [0.25, 0.3) is 0 Å². The maximum absolute atomic E-state index is 11.2. The van der Waals surface area contributed by atoms with Gasteiger partial charge in [0.25, 0.3) is 0 Å². The molecule has 20 heavy (non-hydrogen) atoms. The van der Waals surface area contributed by atoms with E-state index in [0.29, 0.717) is 6.42 Å². The summed E-state index contributed by atoms with van der Waals surface area (Å²) in [6.07, 6.45) is 0.344. The Morgan fingerprint density at radius 3 is 2.80 bits per heavy atom.